The highest BCUT2D eigenvalue weighted by molar-refractivity contribution is 7.98. The van der Waals surface area contributed by atoms with Gasteiger partial charge in [0.2, 0.25) is 0 Å². The zero-order valence-corrected chi connectivity index (χ0v) is 10.7. The largest absolute Gasteiger partial charge is 0.387 e. The number of nitrogens with zero attached hydrogens (tertiary/aromatic N) is 1. The summed E-state index contributed by atoms with van der Waals surface area (Å²) in [5.74, 6) is 0. The number of pyridine rings is 1. The molecule has 0 fully saturated rings. The molecule has 2 N–H and O–H groups in total. The lowest BCUT2D eigenvalue weighted by Crippen LogP contribution is -1.95. The molecule has 0 bridgehead atoms. The molecule has 0 saturated heterocycles. The lowest BCUT2D eigenvalue weighted by atomic mass is 10.3. The van der Waals surface area contributed by atoms with Crippen LogP contribution in [0, 0.1) is 0 Å². The molecule has 2 rings (SSSR count). The van der Waals surface area contributed by atoms with Crippen molar-refractivity contribution < 1.29 is 0 Å². The smallest absolute Gasteiger partial charge is 0.0591 e. The van der Waals surface area contributed by atoms with E-state index in [1.165, 1.54) is 4.90 Å². The summed E-state index contributed by atoms with van der Waals surface area (Å²) in [4.78, 5) is 5.40. The van der Waals surface area contributed by atoms with Gasteiger partial charge in [-0.3, -0.25) is 4.98 Å². The van der Waals surface area contributed by atoms with Crippen LogP contribution in [0.25, 0.3) is 0 Å². The Bertz CT molecular complexity index is 500. The summed E-state index contributed by atoms with van der Waals surface area (Å²) >= 11 is 1.73. The Morgan fingerprint density at radius 1 is 1.12 bits per heavy atom. The maximum absolute atomic E-state index is 4.18. The van der Waals surface area contributed by atoms with Crippen molar-refractivity contribution in [3.63, 3.8) is 0 Å². The molecule has 1 aromatic heterocycles. The Morgan fingerprint density at radius 3 is 2.65 bits per heavy atom. The molecule has 0 unspecified atom stereocenters. The summed E-state index contributed by atoms with van der Waals surface area (Å²) in [6.45, 7) is 0. The second-order valence-corrected chi connectivity index (χ2v) is 4.39. The molecule has 17 heavy (non-hydrogen) atoms. The first-order valence-corrected chi connectivity index (χ1v) is 6.59. The van der Waals surface area contributed by atoms with Crippen LogP contribution in [0.2, 0.25) is 0 Å². The molecule has 0 aliphatic heterocycles. The Kier molecular flexibility index (Phi) is 3.88. The lowest BCUT2D eigenvalue weighted by molar-refractivity contribution is 1.30. The highest BCUT2D eigenvalue weighted by Gasteiger charge is 2.01. The van der Waals surface area contributed by atoms with Gasteiger partial charge in [-0.1, -0.05) is 12.1 Å². The van der Waals surface area contributed by atoms with Crippen LogP contribution >= 0.6 is 11.8 Å². The monoisotopic (exact) mass is 245 g/mol. The van der Waals surface area contributed by atoms with Crippen LogP contribution in [0.4, 0.5) is 17.1 Å². The van der Waals surface area contributed by atoms with Crippen LogP contribution in [0.1, 0.15) is 0 Å². The van der Waals surface area contributed by atoms with Gasteiger partial charge in [-0.2, -0.15) is 0 Å². The molecule has 0 aliphatic carbocycles. The third kappa shape index (κ3) is 2.91. The van der Waals surface area contributed by atoms with Crippen molar-refractivity contribution in [3.8, 4) is 0 Å². The second-order valence-electron chi connectivity index (χ2n) is 3.54. The van der Waals surface area contributed by atoms with E-state index < -0.39 is 0 Å². The topological polar surface area (TPSA) is 37.0 Å². The number of thioether (sulfide) groups is 1. The summed E-state index contributed by atoms with van der Waals surface area (Å²) in [7, 11) is 1.89. The molecule has 0 radical (unpaired) electrons. The van der Waals surface area contributed by atoms with E-state index in [1.807, 2.05) is 31.4 Å². The van der Waals surface area contributed by atoms with Crippen LogP contribution < -0.4 is 10.6 Å². The van der Waals surface area contributed by atoms with E-state index in [9.17, 15) is 0 Å². The lowest BCUT2D eigenvalue weighted by Gasteiger charge is -2.10. The number of hydrogen-bond acceptors (Lipinski definition) is 4. The normalized spacial score (nSPS) is 10.0. The predicted octanol–water partition coefficient (Wildman–Crippen LogP) is 3.59. The van der Waals surface area contributed by atoms with Crippen molar-refractivity contribution in [3.05, 3.63) is 42.7 Å². The van der Waals surface area contributed by atoms with Crippen LogP contribution in [0.5, 0.6) is 0 Å². The highest BCUT2D eigenvalue weighted by Crippen LogP contribution is 2.28. The fourth-order valence-corrected chi connectivity index (χ4v) is 2.10. The number of anilines is 3. The minimum atomic E-state index is 0.985. The van der Waals surface area contributed by atoms with Crippen LogP contribution in [-0.4, -0.2) is 18.3 Å². The molecule has 0 spiro atoms. The molecule has 0 aliphatic rings. The maximum Gasteiger partial charge on any atom is 0.0591 e. The van der Waals surface area contributed by atoms with Gasteiger partial charge in [0.05, 0.1) is 29.5 Å². The molecule has 0 saturated carbocycles. The number of aromatic nitrogens is 1. The van der Waals surface area contributed by atoms with E-state index in [-0.39, 0.29) is 0 Å². The predicted molar refractivity (Wildman–Crippen MR) is 75.3 cm³/mol. The molecular weight excluding hydrogens is 230 g/mol. The molecular formula is C13H15N3S. The van der Waals surface area contributed by atoms with Crippen molar-refractivity contribution >= 4 is 28.8 Å². The summed E-state index contributed by atoms with van der Waals surface area (Å²) in [6.07, 6.45) is 5.69. The fourth-order valence-electron chi connectivity index (χ4n) is 1.55. The standard InChI is InChI=1S/C13H15N3S/c1-14-10-7-11(9-15-8-10)16-12-5-3-4-6-13(12)17-2/h3-9,14,16H,1-2H3. The minimum Gasteiger partial charge on any atom is -0.387 e. The molecule has 88 valence electrons. The summed E-state index contributed by atoms with van der Waals surface area (Å²) in [5, 5.41) is 6.45. The van der Waals surface area contributed by atoms with Gasteiger partial charge in [0, 0.05) is 11.9 Å². The van der Waals surface area contributed by atoms with Gasteiger partial charge >= 0.3 is 0 Å². The van der Waals surface area contributed by atoms with E-state index in [0.29, 0.717) is 0 Å². The first-order valence-electron chi connectivity index (χ1n) is 5.36. The Morgan fingerprint density at radius 2 is 1.88 bits per heavy atom. The van der Waals surface area contributed by atoms with E-state index in [0.717, 1.165) is 17.1 Å². The van der Waals surface area contributed by atoms with Crippen molar-refractivity contribution in [2.24, 2.45) is 0 Å². The molecule has 1 aromatic carbocycles. The van der Waals surface area contributed by atoms with Gasteiger partial charge in [-0.15, -0.1) is 11.8 Å². The molecule has 2 aromatic rings. The highest BCUT2D eigenvalue weighted by atomic mass is 32.2. The summed E-state index contributed by atoms with van der Waals surface area (Å²) in [5.41, 5.74) is 3.09. The van der Waals surface area contributed by atoms with Gasteiger partial charge < -0.3 is 10.6 Å². The average Bonchev–Trinajstić information content (AvgIpc) is 2.39. The third-order valence-corrected chi connectivity index (χ3v) is 3.21. The summed E-state index contributed by atoms with van der Waals surface area (Å²) in [6, 6.07) is 10.3. The minimum absolute atomic E-state index is 0.985. The zero-order chi connectivity index (χ0) is 12.1. The number of benzene rings is 1. The number of rotatable bonds is 4. The van der Waals surface area contributed by atoms with Gasteiger partial charge in [0.1, 0.15) is 0 Å². The average molecular weight is 245 g/mol. The fraction of sp³-hybridized carbons (Fsp3) is 0.154. The SMILES string of the molecule is CNc1cncc(Nc2ccccc2SC)c1. The second kappa shape index (κ2) is 5.59. The van der Waals surface area contributed by atoms with E-state index in [4.69, 9.17) is 0 Å². The summed E-state index contributed by atoms with van der Waals surface area (Å²) < 4.78 is 0. The van der Waals surface area contributed by atoms with Crippen molar-refractivity contribution in [1.82, 2.24) is 4.98 Å². The number of hydrogen-bond donors (Lipinski definition) is 2. The molecule has 1 heterocycles. The number of nitrogens with one attached hydrogen (secondary N) is 2. The van der Waals surface area contributed by atoms with Crippen molar-refractivity contribution in [1.29, 1.82) is 0 Å². The van der Waals surface area contributed by atoms with Crippen LogP contribution in [-0.2, 0) is 0 Å². The first kappa shape index (κ1) is 11.8. The van der Waals surface area contributed by atoms with Crippen LogP contribution in [0.3, 0.4) is 0 Å². The van der Waals surface area contributed by atoms with Gasteiger partial charge in [0.25, 0.3) is 0 Å². The van der Waals surface area contributed by atoms with Crippen molar-refractivity contribution in [2.45, 2.75) is 4.90 Å². The third-order valence-electron chi connectivity index (χ3n) is 2.41. The molecule has 0 atom stereocenters. The van der Waals surface area contributed by atoms with E-state index in [2.05, 4.69) is 34.0 Å². The van der Waals surface area contributed by atoms with Gasteiger partial charge in [-0.05, 0) is 24.5 Å². The molecule has 0 amide bonds. The molecule has 3 nitrogen and oxygen atoms in total. The number of para-hydroxylation sites is 1. The van der Waals surface area contributed by atoms with Crippen molar-refractivity contribution in [2.75, 3.05) is 23.9 Å². The first-order chi connectivity index (χ1) is 8.33. The molecule has 4 heteroatoms. The maximum atomic E-state index is 4.18. The van der Waals surface area contributed by atoms with E-state index >= 15 is 0 Å². The quantitative estimate of drug-likeness (QED) is 0.807. The Labute approximate surface area is 106 Å². The Hall–Kier alpha value is -1.68. The zero-order valence-electron chi connectivity index (χ0n) is 9.90. The Balaban J connectivity index is 2.24. The van der Waals surface area contributed by atoms with Gasteiger partial charge in [-0.25, -0.2) is 0 Å². The van der Waals surface area contributed by atoms with Crippen LogP contribution in [0.15, 0.2) is 47.6 Å². The van der Waals surface area contributed by atoms with E-state index in [1.54, 1.807) is 18.0 Å². The van der Waals surface area contributed by atoms with Gasteiger partial charge in [0.15, 0.2) is 0 Å².